The summed E-state index contributed by atoms with van der Waals surface area (Å²) in [6, 6.07) is 70.5. The van der Waals surface area contributed by atoms with E-state index in [1.165, 1.54) is 121 Å². The number of benzene rings is 9. The van der Waals surface area contributed by atoms with E-state index in [-0.39, 0.29) is 0 Å². The fraction of sp³-hybridized carbons (Fsp3) is 0.200. The molecule has 2 aliphatic carbocycles. The predicted molar refractivity (Wildman–Crippen MR) is 265 cm³/mol. The zero-order valence-electron chi connectivity index (χ0n) is 35.8. The van der Waals surface area contributed by atoms with Gasteiger partial charge in [-0.3, -0.25) is 0 Å². The van der Waals surface area contributed by atoms with Gasteiger partial charge in [-0.05, 0) is 148 Å². The number of rotatable bonds is 6. The normalized spacial score (nSPS) is 20.3. The molecular formula is C60H52N2. The van der Waals surface area contributed by atoms with Gasteiger partial charge in [0.05, 0.1) is 16.7 Å². The molecule has 0 N–H and O–H groups in total. The zero-order valence-corrected chi connectivity index (χ0v) is 35.8. The van der Waals surface area contributed by atoms with Gasteiger partial charge in [-0.25, -0.2) is 0 Å². The highest BCUT2D eigenvalue weighted by molar-refractivity contribution is 6.19. The van der Waals surface area contributed by atoms with Crippen LogP contribution >= 0.6 is 0 Å². The van der Waals surface area contributed by atoms with Crippen molar-refractivity contribution in [2.75, 3.05) is 4.90 Å². The smallest absolute Gasteiger partial charge is 0.0619 e. The predicted octanol–water partition coefficient (Wildman–Crippen LogP) is 16.9. The van der Waals surface area contributed by atoms with E-state index in [1.54, 1.807) is 5.56 Å². The topological polar surface area (TPSA) is 8.17 Å². The summed E-state index contributed by atoms with van der Waals surface area (Å²) in [4.78, 5) is 2.50. The highest BCUT2D eigenvalue weighted by atomic mass is 15.1. The summed E-state index contributed by atoms with van der Waals surface area (Å²) >= 11 is 0. The van der Waals surface area contributed by atoms with Crippen LogP contribution in [0.2, 0.25) is 0 Å². The zero-order chi connectivity index (χ0) is 41.4. The third kappa shape index (κ3) is 6.14. The number of aromatic nitrogens is 1. The molecule has 0 spiro atoms. The molecule has 4 atom stereocenters. The van der Waals surface area contributed by atoms with Crippen LogP contribution in [0.4, 0.5) is 17.1 Å². The Morgan fingerprint density at radius 2 is 1.16 bits per heavy atom. The first-order valence-corrected chi connectivity index (χ1v) is 22.9. The summed E-state index contributed by atoms with van der Waals surface area (Å²) in [5.74, 6) is 2.46. The van der Waals surface area contributed by atoms with Gasteiger partial charge in [-0.1, -0.05) is 153 Å². The molecule has 1 aromatic heterocycles. The average molecular weight is 801 g/mol. The highest BCUT2D eigenvalue weighted by Gasteiger charge is 2.43. The molecule has 1 heterocycles. The van der Waals surface area contributed by atoms with E-state index in [9.17, 15) is 0 Å². The number of hydrogen-bond donors (Lipinski definition) is 0. The minimum absolute atomic E-state index is 0.297. The van der Waals surface area contributed by atoms with Gasteiger partial charge in [0.2, 0.25) is 0 Å². The van der Waals surface area contributed by atoms with Gasteiger partial charge < -0.3 is 9.47 Å². The van der Waals surface area contributed by atoms with Crippen LogP contribution in [0.1, 0.15) is 57.9 Å². The standard InChI is InChI=1S/C60H52N2/c1-40-34-41(2)38-60(33-32-42(35-40)39-60)47-25-29-49(30-26-47)61(58-37-46-13-4-5-16-51(46)53-18-7-8-19-54(53)58)48-27-22-43(23-28-48)45-14-11-15-50(36-45)62-57-21-10-9-20-55(57)56-31-24-44-12-3-6-17-52(44)59(56)62/h3-31,36-37,40-42H,32-35,38-39H2,1-2H3/t40?,41-,42-,60?/m0/s1. The molecule has 302 valence electrons. The van der Waals surface area contributed by atoms with Crippen molar-refractivity contribution in [2.45, 2.75) is 57.8 Å². The second-order valence-electron chi connectivity index (χ2n) is 19.0. The van der Waals surface area contributed by atoms with Crippen LogP contribution in [0, 0.1) is 17.8 Å². The first kappa shape index (κ1) is 37.1. The Morgan fingerprint density at radius 3 is 1.97 bits per heavy atom. The minimum Gasteiger partial charge on any atom is -0.310 e. The lowest BCUT2D eigenvalue weighted by Crippen LogP contribution is -2.28. The van der Waals surface area contributed by atoms with Crippen LogP contribution in [0.5, 0.6) is 0 Å². The Bertz CT molecular complexity index is 3300. The molecule has 2 fully saturated rings. The molecule has 62 heavy (non-hydrogen) atoms. The molecule has 12 rings (SSSR count). The lowest BCUT2D eigenvalue weighted by Gasteiger charge is -2.36. The number of nitrogens with zero attached hydrogens (tertiary/aromatic N) is 2. The van der Waals surface area contributed by atoms with E-state index in [1.807, 2.05) is 0 Å². The van der Waals surface area contributed by atoms with Gasteiger partial charge in [-0.2, -0.15) is 0 Å². The minimum atomic E-state index is 0.297. The maximum absolute atomic E-state index is 2.50. The molecule has 2 unspecified atom stereocenters. The molecule has 2 aliphatic rings. The van der Waals surface area contributed by atoms with Gasteiger partial charge in [0.1, 0.15) is 0 Å². The summed E-state index contributed by atoms with van der Waals surface area (Å²) in [6.07, 6.45) is 8.10. The van der Waals surface area contributed by atoms with Crippen molar-refractivity contribution in [3.05, 3.63) is 194 Å². The maximum atomic E-state index is 2.50. The molecule has 0 saturated heterocycles. The summed E-state index contributed by atoms with van der Waals surface area (Å²) < 4.78 is 2.46. The summed E-state index contributed by atoms with van der Waals surface area (Å²) in [7, 11) is 0. The first-order chi connectivity index (χ1) is 30.5. The number of para-hydroxylation sites is 1. The molecule has 0 aliphatic heterocycles. The van der Waals surface area contributed by atoms with Crippen LogP contribution in [0.3, 0.4) is 0 Å². The second kappa shape index (κ2) is 14.8. The van der Waals surface area contributed by atoms with E-state index >= 15 is 0 Å². The lowest BCUT2D eigenvalue weighted by atomic mass is 9.68. The summed E-state index contributed by atoms with van der Waals surface area (Å²) in [5.41, 5.74) is 11.4. The first-order valence-electron chi connectivity index (χ1n) is 22.9. The highest BCUT2D eigenvalue weighted by Crippen LogP contribution is 2.53. The van der Waals surface area contributed by atoms with Gasteiger partial charge in [0, 0.05) is 38.6 Å². The maximum Gasteiger partial charge on any atom is 0.0619 e. The SMILES string of the molecule is CC1C[C@H](C)CC2(c3ccc(N(c4ccc(-c5cccc(-n6c7ccccc7c7ccc8ccccc8c76)c5)cc4)c4cc5ccccc5c5ccccc45)cc3)CC[C@@H](C1)C2. The Hall–Kier alpha value is -6.64. The lowest BCUT2D eigenvalue weighted by molar-refractivity contribution is 0.236. The van der Waals surface area contributed by atoms with Crippen molar-refractivity contribution in [1.82, 2.24) is 4.57 Å². The second-order valence-corrected chi connectivity index (χ2v) is 19.0. The van der Waals surface area contributed by atoms with E-state index in [2.05, 4.69) is 211 Å². The van der Waals surface area contributed by atoms with Crippen molar-refractivity contribution in [3.63, 3.8) is 0 Å². The molecule has 0 amide bonds. The quantitative estimate of drug-likeness (QED) is 0.152. The van der Waals surface area contributed by atoms with Crippen molar-refractivity contribution in [1.29, 1.82) is 0 Å². The molecule has 0 radical (unpaired) electrons. The Kier molecular flexibility index (Phi) is 8.85. The van der Waals surface area contributed by atoms with Crippen molar-refractivity contribution < 1.29 is 0 Å². The van der Waals surface area contributed by atoms with Gasteiger partial charge in [0.25, 0.3) is 0 Å². The fourth-order valence-corrected chi connectivity index (χ4v) is 12.3. The van der Waals surface area contributed by atoms with Crippen LogP contribution < -0.4 is 4.90 Å². The molecule has 10 aromatic rings. The molecule has 2 saturated carbocycles. The molecule has 9 aromatic carbocycles. The van der Waals surface area contributed by atoms with E-state index in [4.69, 9.17) is 0 Å². The van der Waals surface area contributed by atoms with Gasteiger partial charge in [0.15, 0.2) is 0 Å². The number of fused-ring (bicyclic) bond motifs is 10. The largest absolute Gasteiger partial charge is 0.310 e. The van der Waals surface area contributed by atoms with E-state index in [0.717, 1.165) is 23.4 Å². The monoisotopic (exact) mass is 800 g/mol. The molecule has 2 bridgehead atoms. The van der Waals surface area contributed by atoms with Crippen LogP contribution in [-0.4, -0.2) is 4.57 Å². The third-order valence-corrected chi connectivity index (χ3v) is 14.8. The summed E-state index contributed by atoms with van der Waals surface area (Å²) in [6.45, 7) is 4.99. The fourth-order valence-electron chi connectivity index (χ4n) is 12.3. The number of hydrogen-bond acceptors (Lipinski definition) is 1. The van der Waals surface area contributed by atoms with Crippen LogP contribution in [0.15, 0.2) is 188 Å². The van der Waals surface area contributed by atoms with Crippen molar-refractivity contribution in [3.8, 4) is 16.8 Å². The van der Waals surface area contributed by atoms with Crippen LogP contribution in [-0.2, 0) is 5.41 Å². The van der Waals surface area contributed by atoms with E-state index in [0.29, 0.717) is 5.41 Å². The Balaban J connectivity index is 0.970. The van der Waals surface area contributed by atoms with Gasteiger partial charge >= 0.3 is 0 Å². The molecule has 2 heteroatoms. The average Bonchev–Trinajstić information content (AvgIpc) is 3.89. The molecular weight excluding hydrogens is 749 g/mol. The van der Waals surface area contributed by atoms with Crippen LogP contribution in [0.25, 0.3) is 70.9 Å². The number of anilines is 3. The van der Waals surface area contributed by atoms with E-state index < -0.39 is 0 Å². The third-order valence-electron chi connectivity index (χ3n) is 14.8. The van der Waals surface area contributed by atoms with Crippen molar-refractivity contribution in [2.24, 2.45) is 17.8 Å². The molecule has 2 nitrogen and oxygen atoms in total. The van der Waals surface area contributed by atoms with Gasteiger partial charge in [-0.15, -0.1) is 0 Å². The summed E-state index contributed by atoms with van der Waals surface area (Å²) in [5, 5.41) is 10.2. The van der Waals surface area contributed by atoms with Crippen molar-refractivity contribution >= 4 is 71.2 Å². The Labute approximate surface area is 365 Å². The Morgan fingerprint density at radius 1 is 0.484 bits per heavy atom.